The van der Waals surface area contributed by atoms with Crippen molar-refractivity contribution in [3.63, 3.8) is 0 Å². The van der Waals surface area contributed by atoms with Gasteiger partial charge in [-0.2, -0.15) is 0 Å². The zero-order valence-corrected chi connectivity index (χ0v) is 12.1. The van der Waals surface area contributed by atoms with Gasteiger partial charge in [-0.15, -0.1) is 0 Å². The van der Waals surface area contributed by atoms with Crippen LogP contribution in [-0.4, -0.2) is 43.9 Å². The number of rotatable bonds is 5. The topological polar surface area (TPSA) is 47.7 Å². The molecule has 20 heavy (non-hydrogen) atoms. The number of ether oxygens (including phenoxy) is 2. The van der Waals surface area contributed by atoms with Gasteiger partial charge in [0.05, 0.1) is 25.4 Å². The maximum Gasteiger partial charge on any atom is 0.0894 e. The first-order valence-electron chi connectivity index (χ1n) is 7.49. The maximum absolute atomic E-state index is 5.95. The number of nitrogens with zero attached hydrogens (tertiary/aromatic N) is 1. The van der Waals surface area contributed by atoms with Crippen LogP contribution in [0.5, 0.6) is 0 Å². The first-order chi connectivity index (χ1) is 9.85. The molecule has 1 saturated heterocycles. The largest absolute Gasteiger partial charge is 0.380 e. The summed E-state index contributed by atoms with van der Waals surface area (Å²) < 4.78 is 11.3. The van der Waals surface area contributed by atoms with E-state index in [4.69, 9.17) is 15.2 Å². The van der Waals surface area contributed by atoms with E-state index in [1.54, 1.807) is 7.11 Å². The Morgan fingerprint density at radius 1 is 1.35 bits per heavy atom. The minimum atomic E-state index is 0.0855. The minimum Gasteiger partial charge on any atom is -0.380 e. The average molecular weight is 276 g/mol. The molecule has 2 aliphatic rings. The summed E-state index contributed by atoms with van der Waals surface area (Å²) in [6.45, 7) is 3.01. The Morgan fingerprint density at radius 3 is 2.85 bits per heavy atom. The lowest BCUT2D eigenvalue weighted by molar-refractivity contribution is -0.0718. The molecule has 0 radical (unpaired) electrons. The molecule has 2 atom stereocenters. The summed E-state index contributed by atoms with van der Waals surface area (Å²) in [7, 11) is 1.74. The molecular weight excluding hydrogens is 252 g/mol. The van der Waals surface area contributed by atoms with E-state index < -0.39 is 0 Å². The lowest BCUT2D eigenvalue weighted by Gasteiger charge is -2.42. The smallest absolute Gasteiger partial charge is 0.0894 e. The van der Waals surface area contributed by atoms with Crippen molar-refractivity contribution in [2.45, 2.75) is 37.6 Å². The van der Waals surface area contributed by atoms with Crippen LogP contribution in [0.4, 0.5) is 0 Å². The summed E-state index contributed by atoms with van der Waals surface area (Å²) in [6, 6.07) is 9.50. The number of hydrogen-bond donors (Lipinski definition) is 1. The quantitative estimate of drug-likeness (QED) is 0.889. The molecule has 3 rings (SSSR count). The van der Waals surface area contributed by atoms with E-state index >= 15 is 0 Å². The molecule has 1 aromatic rings. The first-order valence-corrected chi connectivity index (χ1v) is 7.49. The van der Waals surface area contributed by atoms with Gasteiger partial charge in [0.25, 0.3) is 0 Å². The van der Waals surface area contributed by atoms with Crippen LogP contribution in [0.15, 0.2) is 24.3 Å². The van der Waals surface area contributed by atoms with Crippen LogP contribution >= 0.6 is 0 Å². The molecule has 4 nitrogen and oxygen atoms in total. The summed E-state index contributed by atoms with van der Waals surface area (Å²) in [5.41, 5.74) is 8.52. The van der Waals surface area contributed by atoms with Crippen LogP contribution in [0.25, 0.3) is 0 Å². The number of benzene rings is 1. The number of nitrogens with two attached hydrogens (primary N) is 1. The monoisotopic (exact) mass is 276 g/mol. The number of morpholine rings is 1. The fourth-order valence-corrected chi connectivity index (χ4v) is 3.25. The van der Waals surface area contributed by atoms with Crippen LogP contribution in [0.1, 0.15) is 30.0 Å². The van der Waals surface area contributed by atoms with Gasteiger partial charge in [0.1, 0.15) is 0 Å². The van der Waals surface area contributed by atoms with E-state index in [0.29, 0.717) is 19.2 Å². The van der Waals surface area contributed by atoms with Gasteiger partial charge in [-0.05, 0) is 24.0 Å². The van der Waals surface area contributed by atoms with E-state index in [9.17, 15) is 0 Å². The summed E-state index contributed by atoms with van der Waals surface area (Å²) in [5, 5.41) is 0. The standard InChI is InChI=1S/C16H24N2O2/c1-19-11-12-4-2-3-5-14(12)16-15(10-17)20-9-8-18(16)13-6-7-13/h2-5,13,15-16H,6-11,17H2,1H3. The predicted molar refractivity (Wildman–Crippen MR) is 78.4 cm³/mol. The van der Waals surface area contributed by atoms with E-state index in [1.807, 2.05) is 0 Å². The second-order valence-electron chi connectivity index (χ2n) is 5.69. The first kappa shape index (κ1) is 14.0. The molecule has 0 bridgehead atoms. The summed E-state index contributed by atoms with van der Waals surface area (Å²) in [6.07, 6.45) is 2.70. The second kappa shape index (κ2) is 6.22. The van der Waals surface area contributed by atoms with Crippen LogP contribution < -0.4 is 5.73 Å². The minimum absolute atomic E-state index is 0.0855. The van der Waals surface area contributed by atoms with Gasteiger partial charge < -0.3 is 15.2 Å². The molecule has 1 aromatic carbocycles. The van der Waals surface area contributed by atoms with Crippen molar-refractivity contribution in [2.24, 2.45) is 5.73 Å². The Morgan fingerprint density at radius 2 is 2.15 bits per heavy atom. The molecule has 1 aliphatic carbocycles. The van der Waals surface area contributed by atoms with E-state index in [2.05, 4.69) is 29.2 Å². The van der Waals surface area contributed by atoms with Crippen LogP contribution in [0.2, 0.25) is 0 Å². The Kier molecular flexibility index (Phi) is 4.36. The van der Waals surface area contributed by atoms with Crippen LogP contribution in [0.3, 0.4) is 0 Å². The summed E-state index contributed by atoms with van der Waals surface area (Å²) >= 11 is 0. The Bertz CT molecular complexity index is 448. The van der Waals surface area contributed by atoms with E-state index in [0.717, 1.165) is 13.2 Å². The third-order valence-corrected chi connectivity index (χ3v) is 4.31. The molecule has 1 aliphatic heterocycles. The van der Waals surface area contributed by atoms with Gasteiger partial charge in [-0.25, -0.2) is 0 Å². The third-order valence-electron chi connectivity index (χ3n) is 4.31. The summed E-state index contributed by atoms with van der Waals surface area (Å²) in [5.74, 6) is 0. The second-order valence-corrected chi connectivity index (χ2v) is 5.69. The van der Waals surface area contributed by atoms with E-state index in [-0.39, 0.29) is 12.1 Å². The highest BCUT2D eigenvalue weighted by Crippen LogP contribution is 2.39. The van der Waals surface area contributed by atoms with Crippen molar-refractivity contribution < 1.29 is 9.47 Å². The Hall–Kier alpha value is -0.940. The van der Waals surface area contributed by atoms with Crippen LogP contribution in [0, 0.1) is 0 Å². The number of methoxy groups -OCH3 is 1. The average Bonchev–Trinajstić information content (AvgIpc) is 3.32. The maximum atomic E-state index is 5.95. The highest BCUT2D eigenvalue weighted by atomic mass is 16.5. The molecule has 1 heterocycles. The van der Waals surface area contributed by atoms with Crippen LogP contribution in [-0.2, 0) is 16.1 Å². The summed E-state index contributed by atoms with van der Waals surface area (Å²) in [4.78, 5) is 2.59. The lowest BCUT2D eigenvalue weighted by Crippen LogP contribution is -2.49. The van der Waals surface area contributed by atoms with Gasteiger partial charge in [-0.1, -0.05) is 24.3 Å². The SMILES string of the molecule is COCc1ccccc1C1C(CN)OCCN1C1CC1. The Balaban J connectivity index is 1.93. The van der Waals surface area contributed by atoms with Crippen molar-refractivity contribution in [1.29, 1.82) is 0 Å². The molecular formula is C16H24N2O2. The third kappa shape index (κ3) is 2.74. The predicted octanol–water partition coefficient (Wildman–Crippen LogP) is 1.70. The van der Waals surface area contributed by atoms with Gasteiger partial charge in [0, 0.05) is 26.2 Å². The zero-order chi connectivity index (χ0) is 13.9. The molecule has 110 valence electrons. The van der Waals surface area contributed by atoms with Crippen molar-refractivity contribution in [2.75, 3.05) is 26.8 Å². The van der Waals surface area contributed by atoms with Crippen molar-refractivity contribution in [3.8, 4) is 0 Å². The normalized spacial score (nSPS) is 27.7. The van der Waals surface area contributed by atoms with Gasteiger partial charge in [-0.3, -0.25) is 4.90 Å². The van der Waals surface area contributed by atoms with E-state index in [1.165, 1.54) is 24.0 Å². The molecule has 0 spiro atoms. The van der Waals surface area contributed by atoms with Crippen molar-refractivity contribution >= 4 is 0 Å². The molecule has 2 unspecified atom stereocenters. The molecule has 0 amide bonds. The molecule has 4 heteroatoms. The Labute approximate surface area is 120 Å². The van der Waals surface area contributed by atoms with Gasteiger partial charge >= 0.3 is 0 Å². The van der Waals surface area contributed by atoms with Crippen molar-refractivity contribution in [3.05, 3.63) is 35.4 Å². The lowest BCUT2D eigenvalue weighted by atomic mass is 9.93. The fraction of sp³-hybridized carbons (Fsp3) is 0.625. The van der Waals surface area contributed by atoms with Gasteiger partial charge in [0.15, 0.2) is 0 Å². The van der Waals surface area contributed by atoms with Crippen molar-refractivity contribution in [1.82, 2.24) is 4.90 Å². The molecule has 2 N–H and O–H groups in total. The zero-order valence-electron chi connectivity index (χ0n) is 12.1. The number of hydrogen-bond acceptors (Lipinski definition) is 4. The highest BCUT2D eigenvalue weighted by Gasteiger charge is 2.41. The molecule has 1 saturated carbocycles. The molecule has 2 fully saturated rings. The fourth-order valence-electron chi connectivity index (χ4n) is 3.25. The molecule has 0 aromatic heterocycles. The highest BCUT2D eigenvalue weighted by molar-refractivity contribution is 5.31. The van der Waals surface area contributed by atoms with Gasteiger partial charge in [0.2, 0.25) is 0 Å².